The maximum atomic E-state index is 12.3. The molecule has 0 radical (unpaired) electrons. The summed E-state index contributed by atoms with van der Waals surface area (Å²) < 4.78 is 5.45. The fraction of sp³-hybridized carbons (Fsp3) is 0.217. The van der Waals surface area contributed by atoms with E-state index in [9.17, 15) is 14.7 Å². The molecule has 148 valence electrons. The van der Waals surface area contributed by atoms with Crippen LogP contribution < -0.4 is 5.32 Å². The number of carbonyl (C=O) groups excluding carboxylic acids is 1. The summed E-state index contributed by atoms with van der Waals surface area (Å²) in [4.78, 5) is 24.8. The van der Waals surface area contributed by atoms with Gasteiger partial charge < -0.3 is 15.2 Å². The van der Waals surface area contributed by atoms with Gasteiger partial charge in [-0.3, -0.25) is 0 Å². The number of aryl methyl sites for hydroxylation is 1. The number of amides is 1. The summed E-state index contributed by atoms with van der Waals surface area (Å²) in [5, 5.41) is 13.9. The van der Waals surface area contributed by atoms with E-state index in [4.69, 9.17) is 4.74 Å². The van der Waals surface area contributed by atoms with Gasteiger partial charge in [0.05, 0.1) is 0 Å². The fourth-order valence-electron chi connectivity index (χ4n) is 3.78. The highest BCUT2D eigenvalue weighted by Crippen LogP contribution is 2.44. The molecule has 0 spiro atoms. The van der Waals surface area contributed by atoms with Gasteiger partial charge in [-0.25, -0.2) is 9.59 Å². The fourth-order valence-corrected chi connectivity index (χ4v) is 4.70. The van der Waals surface area contributed by atoms with Crippen molar-refractivity contribution in [2.75, 3.05) is 6.61 Å². The molecule has 0 fully saturated rings. The molecule has 2 N–H and O–H groups in total. The minimum absolute atomic E-state index is 0.0589. The number of thiophene rings is 1. The van der Waals surface area contributed by atoms with E-state index in [1.54, 1.807) is 0 Å². The van der Waals surface area contributed by atoms with E-state index in [0.29, 0.717) is 0 Å². The van der Waals surface area contributed by atoms with Crippen molar-refractivity contribution in [1.29, 1.82) is 0 Å². The molecule has 2 aromatic carbocycles. The molecular formula is C23H21NO4S. The number of carbonyl (C=O) groups is 2. The van der Waals surface area contributed by atoms with Crippen molar-refractivity contribution in [3.05, 3.63) is 81.5 Å². The van der Waals surface area contributed by atoms with E-state index in [2.05, 4.69) is 17.4 Å². The second kappa shape index (κ2) is 8.09. The van der Waals surface area contributed by atoms with Crippen LogP contribution in [0.3, 0.4) is 0 Å². The number of aliphatic carboxylic acids is 1. The lowest BCUT2D eigenvalue weighted by molar-refractivity contribution is -0.139. The van der Waals surface area contributed by atoms with Crippen LogP contribution in [0.2, 0.25) is 0 Å². The number of fused-ring (bicyclic) bond motifs is 3. The third kappa shape index (κ3) is 4.03. The van der Waals surface area contributed by atoms with Gasteiger partial charge in [-0.2, -0.15) is 0 Å². The van der Waals surface area contributed by atoms with Crippen molar-refractivity contribution in [2.24, 2.45) is 0 Å². The van der Waals surface area contributed by atoms with Crippen LogP contribution in [0.25, 0.3) is 11.1 Å². The van der Waals surface area contributed by atoms with E-state index in [-0.39, 0.29) is 18.9 Å². The molecule has 0 saturated heterocycles. The third-order valence-corrected chi connectivity index (χ3v) is 6.20. The number of hydrogen-bond acceptors (Lipinski definition) is 4. The molecular weight excluding hydrogens is 386 g/mol. The molecule has 1 unspecified atom stereocenters. The number of alkyl carbamates (subject to hydrolysis) is 1. The summed E-state index contributed by atoms with van der Waals surface area (Å²) in [6, 6.07) is 17.1. The largest absolute Gasteiger partial charge is 0.480 e. The Morgan fingerprint density at radius 1 is 1.10 bits per heavy atom. The summed E-state index contributed by atoms with van der Waals surface area (Å²) in [5.74, 6) is -1.14. The Bertz CT molecular complexity index is 1010. The Morgan fingerprint density at radius 3 is 2.28 bits per heavy atom. The lowest BCUT2D eigenvalue weighted by atomic mass is 9.98. The molecule has 0 saturated carbocycles. The van der Waals surface area contributed by atoms with Gasteiger partial charge in [0.25, 0.3) is 0 Å². The minimum atomic E-state index is -1.08. The van der Waals surface area contributed by atoms with Gasteiger partial charge in [0, 0.05) is 17.2 Å². The summed E-state index contributed by atoms with van der Waals surface area (Å²) in [7, 11) is 0. The van der Waals surface area contributed by atoms with Crippen LogP contribution in [0.1, 0.15) is 27.5 Å². The quantitative estimate of drug-likeness (QED) is 0.627. The van der Waals surface area contributed by atoms with Crippen molar-refractivity contribution < 1.29 is 19.4 Å². The predicted octanol–water partition coefficient (Wildman–Crippen LogP) is 4.59. The molecule has 1 aliphatic carbocycles. The number of carboxylic acids is 1. The second-order valence-corrected chi connectivity index (χ2v) is 8.15. The summed E-state index contributed by atoms with van der Waals surface area (Å²) in [5.41, 5.74) is 5.60. The Labute approximate surface area is 173 Å². The van der Waals surface area contributed by atoms with E-state index in [0.717, 1.165) is 32.7 Å². The van der Waals surface area contributed by atoms with Crippen molar-refractivity contribution in [2.45, 2.75) is 25.3 Å². The Morgan fingerprint density at radius 2 is 1.72 bits per heavy atom. The van der Waals surface area contributed by atoms with Crippen molar-refractivity contribution in [1.82, 2.24) is 5.32 Å². The molecule has 4 rings (SSSR count). The zero-order valence-electron chi connectivity index (χ0n) is 15.9. The lowest BCUT2D eigenvalue weighted by Crippen LogP contribution is -2.42. The van der Waals surface area contributed by atoms with Gasteiger partial charge in [0.1, 0.15) is 12.6 Å². The summed E-state index contributed by atoms with van der Waals surface area (Å²) >= 11 is 1.49. The van der Waals surface area contributed by atoms with Crippen LogP contribution >= 0.6 is 11.3 Å². The molecule has 1 atom stereocenters. The first kappa shape index (κ1) is 19.2. The van der Waals surface area contributed by atoms with Crippen LogP contribution in [0, 0.1) is 6.92 Å². The third-order valence-electron chi connectivity index (χ3n) is 5.12. The molecule has 5 nitrogen and oxygen atoms in total. The van der Waals surface area contributed by atoms with Gasteiger partial charge >= 0.3 is 12.1 Å². The molecule has 0 aliphatic heterocycles. The average molecular weight is 407 g/mol. The standard InChI is InChI=1S/C23H21NO4S/c1-14-10-15(29-13-14)11-21(22(25)26)24-23(27)28-12-20-18-8-4-2-6-16(18)17-7-3-5-9-19(17)20/h2-10,13,20-21H,11-12H2,1H3,(H,24,27)(H,25,26). The van der Waals surface area contributed by atoms with E-state index >= 15 is 0 Å². The molecule has 1 amide bonds. The molecule has 1 aliphatic rings. The monoisotopic (exact) mass is 407 g/mol. The Hall–Kier alpha value is -3.12. The molecule has 0 bridgehead atoms. The maximum absolute atomic E-state index is 12.3. The van der Waals surface area contributed by atoms with Gasteiger partial charge in [0.15, 0.2) is 0 Å². The highest BCUT2D eigenvalue weighted by molar-refractivity contribution is 7.10. The van der Waals surface area contributed by atoms with Crippen LogP contribution in [0.5, 0.6) is 0 Å². The summed E-state index contributed by atoms with van der Waals surface area (Å²) in [6.07, 6.45) is -0.481. The lowest BCUT2D eigenvalue weighted by Gasteiger charge is -2.17. The molecule has 29 heavy (non-hydrogen) atoms. The van der Waals surface area contributed by atoms with Crippen molar-refractivity contribution in [3.63, 3.8) is 0 Å². The average Bonchev–Trinajstić information content (AvgIpc) is 3.27. The normalized spacial score (nSPS) is 13.4. The number of ether oxygens (including phenoxy) is 1. The molecule has 3 aromatic rings. The SMILES string of the molecule is Cc1csc(CC(NC(=O)OCC2c3ccccc3-c3ccccc32)C(=O)O)c1. The smallest absolute Gasteiger partial charge is 0.407 e. The Balaban J connectivity index is 1.43. The van der Waals surface area contributed by atoms with Crippen LogP contribution in [0.15, 0.2) is 60.0 Å². The zero-order valence-corrected chi connectivity index (χ0v) is 16.7. The Kier molecular flexibility index (Phi) is 5.36. The highest BCUT2D eigenvalue weighted by atomic mass is 32.1. The topological polar surface area (TPSA) is 75.6 Å². The number of nitrogens with one attached hydrogen (secondary N) is 1. The first-order valence-electron chi connectivity index (χ1n) is 9.41. The predicted molar refractivity (Wildman–Crippen MR) is 112 cm³/mol. The van der Waals surface area contributed by atoms with Crippen LogP contribution in [0.4, 0.5) is 4.79 Å². The summed E-state index contributed by atoms with van der Waals surface area (Å²) in [6.45, 7) is 2.11. The van der Waals surface area contributed by atoms with Gasteiger partial charge in [-0.15, -0.1) is 11.3 Å². The first-order chi connectivity index (χ1) is 14.0. The van der Waals surface area contributed by atoms with Crippen LogP contribution in [-0.2, 0) is 16.0 Å². The number of benzene rings is 2. The van der Waals surface area contributed by atoms with E-state index in [1.165, 1.54) is 11.3 Å². The highest BCUT2D eigenvalue weighted by Gasteiger charge is 2.29. The van der Waals surface area contributed by atoms with Crippen molar-refractivity contribution >= 4 is 23.4 Å². The second-order valence-electron chi connectivity index (χ2n) is 7.16. The van der Waals surface area contributed by atoms with Gasteiger partial charge in [-0.1, -0.05) is 48.5 Å². The molecule has 6 heteroatoms. The molecule has 1 heterocycles. The van der Waals surface area contributed by atoms with E-state index < -0.39 is 18.1 Å². The van der Waals surface area contributed by atoms with Crippen LogP contribution in [-0.4, -0.2) is 29.8 Å². The molecule has 1 aromatic heterocycles. The number of carboxylic acid groups (broad SMARTS) is 1. The zero-order chi connectivity index (χ0) is 20.4. The first-order valence-corrected chi connectivity index (χ1v) is 10.3. The van der Waals surface area contributed by atoms with Gasteiger partial charge in [0.2, 0.25) is 0 Å². The van der Waals surface area contributed by atoms with E-state index in [1.807, 2.05) is 54.8 Å². The maximum Gasteiger partial charge on any atom is 0.407 e. The van der Waals surface area contributed by atoms with Crippen molar-refractivity contribution in [3.8, 4) is 11.1 Å². The van der Waals surface area contributed by atoms with Gasteiger partial charge in [-0.05, 0) is 46.2 Å². The minimum Gasteiger partial charge on any atom is -0.480 e. The number of rotatable bonds is 6. The number of hydrogen-bond donors (Lipinski definition) is 2.